The lowest BCUT2D eigenvalue weighted by molar-refractivity contribution is 0.164. The Balaban J connectivity index is 1.88. The number of hydrogen-bond acceptors (Lipinski definition) is 4. The van der Waals surface area contributed by atoms with Crippen LogP contribution in [-0.4, -0.2) is 22.1 Å². The van der Waals surface area contributed by atoms with Crippen LogP contribution in [0.4, 0.5) is 0 Å². The maximum atomic E-state index is 6.26. The highest BCUT2D eigenvalue weighted by Gasteiger charge is 2.28. The fourth-order valence-corrected chi connectivity index (χ4v) is 2.06. The molecule has 0 atom stereocenters. The highest BCUT2D eigenvalue weighted by atomic mass is 16.5. The monoisotopic (exact) mass is 221 g/mol. The van der Waals surface area contributed by atoms with Crippen molar-refractivity contribution in [2.24, 2.45) is 5.73 Å². The van der Waals surface area contributed by atoms with Gasteiger partial charge in [-0.25, -0.2) is 9.97 Å². The second kappa shape index (κ2) is 4.78. The van der Waals surface area contributed by atoms with Crippen LogP contribution in [0, 0.1) is 6.92 Å². The summed E-state index contributed by atoms with van der Waals surface area (Å²) in [5.41, 5.74) is 7.12. The average Bonchev–Trinajstić information content (AvgIpc) is 2.29. The number of ether oxygens (including phenoxy) is 1. The minimum atomic E-state index is -0.174. The van der Waals surface area contributed by atoms with Crippen LogP contribution in [-0.2, 0) is 0 Å². The fraction of sp³-hybridized carbons (Fsp3) is 0.667. The van der Waals surface area contributed by atoms with Gasteiger partial charge in [-0.15, -0.1) is 0 Å². The normalized spacial score (nSPS) is 19.4. The van der Waals surface area contributed by atoms with E-state index in [0.717, 1.165) is 18.4 Å². The van der Waals surface area contributed by atoms with Gasteiger partial charge < -0.3 is 10.5 Å². The Morgan fingerprint density at radius 1 is 1.25 bits per heavy atom. The van der Waals surface area contributed by atoms with E-state index in [9.17, 15) is 0 Å². The topological polar surface area (TPSA) is 61.0 Å². The molecule has 0 radical (unpaired) electrons. The van der Waals surface area contributed by atoms with E-state index in [1.54, 1.807) is 12.4 Å². The molecule has 0 aliphatic heterocycles. The summed E-state index contributed by atoms with van der Waals surface area (Å²) in [7, 11) is 0. The number of aromatic nitrogens is 2. The molecule has 1 fully saturated rings. The molecule has 1 aliphatic carbocycles. The van der Waals surface area contributed by atoms with Gasteiger partial charge in [-0.1, -0.05) is 19.3 Å². The third-order valence-electron chi connectivity index (χ3n) is 3.10. The van der Waals surface area contributed by atoms with Crippen LogP contribution in [0.15, 0.2) is 12.4 Å². The molecular formula is C12H19N3O. The molecular weight excluding hydrogens is 202 g/mol. The first-order chi connectivity index (χ1) is 7.68. The summed E-state index contributed by atoms with van der Waals surface area (Å²) in [5.74, 6) is 0. The zero-order valence-corrected chi connectivity index (χ0v) is 9.78. The Morgan fingerprint density at radius 2 is 1.88 bits per heavy atom. The minimum Gasteiger partial charge on any atom is -0.462 e. The van der Waals surface area contributed by atoms with Crippen LogP contribution in [0.25, 0.3) is 0 Å². The molecule has 1 heterocycles. The predicted octanol–water partition coefficient (Wildman–Crippen LogP) is 1.83. The molecule has 0 bridgehead atoms. The van der Waals surface area contributed by atoms with Crippen LogP contribution < -0.4 is 10.5 Å². The van der Waals surface area contributed by atoms with Crippen molar-refractivity contribution in [2.75, 3.05) is 6.61 Å². The summed E-state index contributed by atoms with van der Waals surface area (Å²) in [5, 5.41) is 0. The van der Waals surface area contributed by atoms with E-state index in [2.05, 4.69) is 9.97 Å². The lowest BCUT2D eigenvalue weighted by Gasteiger charge is -2.32. The molecule has 0 spiro atoms. The number of aryl methyl sites for hydroxylation is 1. The number of rotatable bonds is 3. The van der Waals surface area contributed by atoms with E-state index in [0.29, 0.717) is 12.6 Å². The van der Waals surface area contributed by atoms with Crippen molar-refractivity contribution in [3.63, 3.8) is 0 Å². The first-order valence-corrected chi connectivity index (χ1v) is 5.88. The van der Waals surface area contributed by atoms with Crippen molar-refractivity contribution in [1.29, 1.82) is 0 Å². The van der Waals surface area contributed by atoms with Crippen LogP contribution in [0.3, 0.4) is 0 Å². The molecule has 2 N–H and O–H groups in total. The lowest BCUT2D eigenvalue weighted by Crippen LogP contribution is -2.47. The Kier molecular flexibility index (Phi) is 3.39. The third kappa shape index (κ3) is 2.92. The quantitative estimate of drug-likeness (QED) is 0.845. The first kappa shape index (κ1) is 11.3. The highest BCUT2D eigenvalue weighted by Crippen LogP contribution is 2.26. The largest absolute Gasteiger partial charge is 0.462 e. The Bertz CT molecular complexity index is 331. The summed E-state index contributed by atoms with van der Waals surface area (Å²) in [6.45, 7) is 2.48. The number of nitrogens with two attached hydrogens (primary N) is 1. The average molecular weight is 221 g/mol. The molecule has 4 nitrogen and oxygen atoms in total. The molecule has 0 saturated heterocycles. The molecule has 2 rings (SSSR count). The van der Waals surface area contributed by atoms with E-state index in [1.807, 2.05) is 6.92 Å². The maximum absolute atomic E-state index is 6.26. The van der Waals surface area contributed by atoms with Gasteiger partial charge in [0.05, 0.1) is 5.54 Å². The molecule has 1 aromatic rings. The van der Waals surface area contributed by atoms with E-state index in [-0.39, 0.29) is 5.54 Å². The van der Waals surface area contributed by atoms with Crippen LogP contribution in [0.5, 0.6) is 6.01 Å². The SMILES string of the molecule is Cc1cnc(OCC2(N)CCCCC2)nc1. The van der Waals surface area contributed by atoms with E-state index in [1.165, 1.54) is 19.3 Å². The van der Waals surface area contributed by atoms with Crippen molar-refractivity contribution in [3.8, 4) is 6.01 Å². The molecule has 16 heavy (non-hydrogen) atoms. The molecule has 0 unspecified atom stereocenters. The fourth-order valence-electron chi connectivity index (χ4n) is 2.06. The zero-order chi connectivity index (χ0) is 11.4. The van der Waals surface area contributed by atoms with E-state index >= 15 is 0 Å². The van der Waals surface area contributed by atoms with Gasteiger partial charge in [-0.05, 0) is 25.3 Å². The van der Waals surface area contributed by atoms with E-state index in [4.69, 9.17) is 10.5 Å². The standard InChI is InChI=1S/C12H19N3O/c1-10-7-14-11(15-8-10)16-9-12(13)5-3-2-4-6-12/h7-8H,2-6,9,13H2,1H3. The van der Waals surface area contributed by atoms with Gasteiger partial charge in [0, 0.05) is 12.4 Å². The summed E-state index contributed by atoms with van der Waals surface area (Å²) < 4.78 is 5.56. The van der Waals surface area contributed by atoms with Gasteiger partial charge in [0.25, 0.3) is 0 Å². The second-order valence-electron chi connectivity index (χ2n) is 4.75. The van der Waals surface area contributed by atoms with Crippen molar-refractivity contribution < 1.29 is 4.74 Å². The van der Waals surface area contributed by atoms with Gasteiger partial charge in [0.1, 0.15) is 6.61 Å². The molecule has 4 heteroatoms. The maximum Gasteiger partial charge on any atom is 0.316 e. The van der Waals surface area contributed by atoms with Crippen molar-refractivity contribution in [2.45, 2.75) is 44.6 Å². The second-order valence-corrected chi connectivity index (χ2v) is 4.75. The lowest BCUT2D eigenvalue weighted by atomic mass is 9.83. The number of nitrogens with zero attached hydrogens (tertiary/aromatic N) is 2. The number of hydrogen-bond donors (Lipinski definition) is 1. The van der Waals surface area contributed by atoms with Gasteiger partial charge in [0.2, 0.25) is 0 Å². The summed E-state index contributed by atoms with van der Waals surface area (Å²) >= 11 is 0. The van der Waals surface area contributed by atoms with Gasteiger partial charge in [0.15, 0.2) is 0 Å². The highest BCUT2D eigenvalue weighted by molar-refractivity contribution is 5.05. The van der Waals surface area contributed by atoms with Crippen molar-refractivity contribution >= 4 is 0 Å². The predicted molar refractivity (Wildman–Crippen MR) is 62.3 cm³/mol. The van der Waals surface area contributed by atoms with Crippen molar-refractivity contribution in [1.82, 2.24) is 9.97 Å². The molecule has 0 aromatic carbocycles. The molecule has 88 valence electrons. The molecule has 1 aromatic heterocycles. The van der Waals surface area contributed by atoms with Gasteiger partial charge >= 0.3 is 6.01 Å². The third-order valence-corrected chi connectivity index (χ3v) is 3.10. The molecule has 1 aliphatic rings. The minimum absolute atomic E-state index is 0.174. The Hall–Kier alpha value is -1.16. The Labute approximate surface area is 96.2 Å². The smallest absolute Gasteiger partial charge is 0.316 e. The summed E-state index contributed by atoms with van der Waals surface area (Å²) in [4.78, 5) is 8.21. The van der Waals surface area contributed by atoms with Crippen molar-refractivity contribution in [3.05, 3.63) is 18.0 Å². The van der Waals surface area contributed by atoms with Gasteiger partial charge in [-0.3, -0.25) is 0 Å². The van der Waals surface area contributed by atoms with Crippen LogP contribution in [0.1, 0.15) is 37.7 Å². The van der Waals surface area contributed by atoms with Crippen LogP contribution >= 0.6 is 0 Å². The molecule has 0 amide bonds. The van der Waals surface area contributed by atoms with E-state index < -0.39 is 0 Å². The zero-order valence-electron chi connectivity index (χ0n) is 9.78. The molecule has 1 saturated carbocycles. The summed E-state index contributed by atoms with van der Waals surface area (Å²) in [6, 6.07) is 0.431. The first-order valence-electron chi connectivity index (χ1n) is 5.88. The van der Waals surface area contributed by atoms with Gasteiger partial charge in [-0.2, -0.15) is 0 Å². The Morgan fingerprint density at radius 3 is 2.50 bits per heavy atom. The summed E-state index contributed by atoms with van der Waals surface area (Å²) in [6.07, 6.45) is 9.29. The van der Waals surface area contributed by atoms with Crippen LogP contribution in [0.2, 0.25) is 0 Å².